The van der Waals surface area contributed by atoms with Crippen molar-refractivity contribution in [1.82, 2.24) is 0 Å². The van der Waals surface area contributed by atoms with Crippen LogP contribution in [0, 0.1) is 0 Å². The van der Waals surface area contributed by atoms with Gasteiger partial charge in [-0.25, -0.2) is 0 Å². The molecule has 0 spiro atoms. The maximum Gasteiger partial charge on any atom is 1.00 e. The Kier molecular flexibility index (Phi) is 13.8. The zero-order valence-electron chi connectivity index (χ0n) is 10.2. The van der Waals surface area contributed by atoms with Crippen LogP contribution in [0.15, 0.2) is 0 Å². The molecule has 1 aliphatic heterocycles. The zero-order valence-corrected chi connectivity index (χ0v) is 10.2. The third kappa shape index (κ3) is 10.9. The van der Waals surface area contributed by atoms with E-state index in [2.05, 4.69) is 5.32 Å². The van der Waals surface area contributed by atoms with Gasteiger partial charge in [-0.2, -0.15) is 0 Å². The molecule has 0 N–H and O–H groups in total. The van der Waals surface area contributed by atoms with E-state index >= 15 is 0 Å². The van der Waals surface area contributed by atoms with Crippen molar-refractivity contribution in [2.75, 3.05) is 65.9 Å². The monoisotopic (exact) mass is 225 g/mol. The number of ether oxygens (including phenoxy) is 4. The first-order valence-corrected chi connectivity index (χ1v) is 5.44. The molecule has 0 aromatic heterocycles. The summed E-state index contributed by atoms with van der Waals surface area (Å²) in [6.07, 6.45) is 0. The summed E-state index contributed by atoms with van der Waals surface area (Å²) in [5.74, 6) is 0. The predicted molar refractivity (Wildman–Crippen MR) is 56.4 cm³/mol. The van der Waals surface area contributed by atoms with E-state index in [0.717, 1.165) is 13.1 Å². The van der Waals surface area contributed by atoms with E-state index in [0.29, 0.717) is 52.9 Å². The zero-order chi connectivity index (χ0) is 10.6. The Hall–Kier alpha value is 0.397. The van der Waals surface area contributed by atoms with Crippen molar-refractivity contribution >= 4 is 0 Å². The van der Waals surface area contributed by atoms with Gasteiger partial charge in [0.2, 0.25) is 0 Å². The second-order valence-electron chi connectivity index (χ2n) is 3.12. The molecule has 1 saturated heterocycles. The molecule has 0 unspecified atom stereocenters. The van der Waals surface area contributed by atoms with Crippen LogP contribution in [0.1, 0.15) is 0 Å². The molecule has 0 aromatic rings. The normalized spacial score (nSPS) is 22.5. The van der Waals surface area contributed by atoms with E-state index in [-0.39, 0.29) is 18.9 Å². The van der Waals surface area contributed by atoms with E-state index in [1.165, 1.54) is 0 Å². The molecule has 0 bridgehead atoms. The minimum atomic E-state index is 0. The summed E-state index contributed by atoms with van der Waals surface area (Å²) in [4.78, 5) is 0. The van der Waals surface area contributed by atoms with Gasteiger partial charge in [-0.3, -0.25) is 0 Å². The van der Waals surface area contributed by atoms with Gasteiger partial charge < -0.3 is 24.3 Å². The van der Waals surface area contributed by atoms with Gasteiger partial charge in [0.05, 0.1) is 39.6 Å². The van der Waals surface area contributed by atoms with Crippen LogP contribution in [0.5, 0.6) is 0 Å². The average Bonchev–Trinajstić information content (AvgIpc) is 2.27. The van der Waals surface area contributed by atoms with Crippen LogP contribution in [-0.2, 0) is 18.9 Å². The fourth-order valence-corrected chi connectivity index (χ4v) is 1.13. The van der Waals surface area contributed by atoms with Gasteiger partial charge in [-0.05, 0) is 0 Å². The third-order valence-corrected chi connectivity index (χ3v) is 1.90. The van der Waals surface area contributed by atoms with Gasteiger partial charge in [0.15, 0.2) is 0 Å². The second kappa shape index (κ2) is 13.5. The molecule has 16 heavy (non-hydrogen) atoms. The van der Waals surface area contributed by atoms with Crippen LogP contribution in [-0.4, -0.2) is 65.9 Å². The molecule has 0 saturated carbocycles. The molecule has 0 aromatic carbocycles. The van der Waals surface area contributed by atoms with Crippen molar-refractivity contribution in [1.29, 1.82) is 0 Å². The van der Waals surface area contributed by atoms with Crippen molar-refractivity contribution in [3.05, 3.63) is 5.32 Å². The SMILES string of the molecule is C1COCCOCCOCCOCC[N-]1.[Li+]. The number of nitrogens with zero attached hydrogens (tertiary/aromatic N) is 1. The topological polar surface area (TPSA) is 51.0 Å². The number of hydrogen-bond acceptors (Lipinski definition) is 4. The Bertz CT molecular complexity index is 81.4. The summed E-state index contributed by atoms with van der Waals surface area (Å²) in [7, 11) is 0. The van der Waals surface area contributed by atoms with E-state index in [1.54, 1.807) is 0 Å². The quantitative estimate of drug-likeness (QED) is 0.426. The van der Waals surface area contributed by atoms with Crippen molar-refractivity contribution in [2.45, 2.75) is 0 Å². The van der Waals surface area contributed by atoms with Crippen LogP contribution in [0.3, 0.4) is 0 Å². The molecule has 1 rings (SSSR count). The van der Waals surface area contributed by atoms with Crippen molar-refractivity contribution < 1.29 is 37.8 Å². The Morgan fingerprint density at radius 1 is 0.500 bits per heavy atom. The first-order valence-electron chi connectivity index (χ1n) is 5.44. The molecule has 1 aliphatic rings. The smallest absolute Gasteiger partial charge is 0.659 e. The first-order chi connectivity index (χ1) is 7.50. The summed E-state index contributed by atoms with van der Waals surface area (Å²) >= 11 is 0. The Labute approximate surface area is 109 Å². The summed E-state index contributed by atoms with van der Waals surface area (Å²) in [6.45, 7) is 6.55. The fourth-order valence-electron chi connectivity index (χ4n) is 1.13. The number of rotatable bonds is 0. The molecule has 5 nitrogen and oxygen atoms in total. The van der Waals surface area contributed by atoms with Gasteiger partial charge in [-0.15, -0.1) is 13.1 Å². The Balaban J connectivity index is 0.00000225. The second-order valence-corrected chi connectivity index (χ2v) is 3.12. The van der Waals surface area contributed by atoms with Crippen molar-refractivity contribution in [3.63, 3.8) is 0 Å². The Morgan fingerprint density at radius 2 is 0.812 bits per heavy atom. The molecule has 0 amide bonds. The van der Waals surface area contributed by atoms with E-state index < -0.39 is 0 Å². The standard InChI is InChI=1S/C10H20NO4.Li/c1-3-12-5-7-14-9-10-15-8-6-13-4-2-11-1;/h1-10H2;/q-1;+1. The summed E-state index contributed by atoms with van der Waals surface area (Å²) in [6, 6.07) is 0. The molecule has 90 valence electrons. The van der Waals surface area contributed by atoms with Crippen LogP contribution in [0.4, 0.5) is 0 Å². The fraction of sp³-hybridized carbons (Fsp3) is 1.00. The molecule has 0 atom stereocenters. The molecular weight excluding hydrogens is 205 g/mol. The van der Waals surface area contributed by atoms with Crippen LogP contribution in [0.2, 0.25) is 0 Å². The first kappa shape index (κ1) is 16.4. The predicted octanol–water partition coefficient (Wildman–Crippen LogP) is -2.56. The van der Waals surface area contributed by atoms with Crippen LogP contribution in [0.25, 0.3) is 5.32 Å². The van der Waals surface area contributed by atoms with Crippen molar-refractivity contribution in [2.24, 2.45) is 0 Å². The summed E-state index contributed by atoms with van der Waals surface area (Å²) < 4.78 is 21.2. The van der Waals surface area contributed by atoms with Crippen LogP contribution >= 0.6 is 0 Å². The maximum atomic E-state index is 5.31. The molecule has 1 heterocycles. The van der Waals surface area contributed by atoms with Gasteiger partial charge >= 0.3 is 18.9 Å². The van der Waals surface area contributed by atoms with Crippen LogP contribution < -0.4 is 18.9 Å². The molecule has 0 aliphatic carbocycles. The molecular formula is C10H20LiNO4. The molecule has 6 heteroatoms. The molecule has 1 fully saturated rings. The van der Waals surface area contributed by atoms with Gasteiger partial charge in [-0.1, -0.05) is 0 Å². The minimum absolute atomic E-state index is 0. The van der Waals surface area contributed by atoms with Gasteiger partial charge in [0.1, 0.15) is 0 Å². The largest absolute Gasteiger partial charge is 1.00 e. The van der Waals surface area contributed by atoms with Gasteiger partial charge in [0, 0.05) is 13.2 Å². The van der Waals surface area contributed by atoms with E-state index in [9.17, 15) is 0 Å². The number of hydrogen-bond donors (Lipinski definition) is 0. The summed E-state index contributed by atoms with van der Waals surface area (Å²) in [5, 5.41) is 4.25. The molecule has 0 radical (unpaired) electrons. The third-order valence-electron chi connectivity index (χ3n) is 1.90. The summed E-state index contributed by atoms with van der Waals surface area (Å²) in [5.41, 5.74) is 0. The van der Waals surface area contributed by atoms with Crippen molar-refractivity contribution in [3.8, 4) is 0 Å². The Morgan fingerprint density at radius 3 is 1.19 bits per heavy atom. The maximum absolute atomic E-state index is 5.31. The van der Waals surface area contributed by atoms with E-state index in [1.807, 2.05) is 0 Å². The average molecular weight is 225 g/mol. The van der Waals surface area contributed by atoms with Gasteiger partial charge in [0.25, 0.3) is 0 Å². The van der Waals surface area contributed by atoms with E-state index in [4.69, 9.17) is 18.9 Å². The minimum Gasteiger partial charge on any atom is -0.659 e.